The lowest BCUT2D eigenvalue weighted by molar-refractivity contribution is 0.0145. The van der Waals surface area contributed by atoms with E-state index in [-0.39, 0.29) is 11.9 Å². The lowest BCUT2D eigenvalue weighted by Crippen LogP contribution is -2.53. The van der Waals surface area contributed by atoms with Gasteiger partial charge in [-0.3, -0.25) is 4.90 Å². The first-order valence-electron chi connectivity index (χ1n) is 7.42. The number of hydrogen-bond acceptors (Lipinski definition) is 3. The molecule has 0 N–H and O–H groups in total. The third kappa shape index (κ3) is 3.39. The minimum atomic E-state index is -0.193. The van der Waals surface area contributed by atoms with E-state index >= 15 is 0 Å². The van der Waals surface area contributed by atoms with Gasteiger partial charge in [-0.1, -0.05) is 12.1 Å². The van der Waals surface area contributed by atoms with Crippen molar-refractivity contribution in [2.75, 3.05) is 20.2 Å². The Kier molecular flexibility index (Phi) is 4.29. The van der Waals surface area contributed by atoms with Crippen molar-refractivity contribution in [2.45, 2.75) is 19.6 Å². The molecule has 1 fully saturated rings. The molecular weight excluding hydrogens is 281 g/mol. The molecule has 4 heteroatoms. The lowest BCUT2D eigenvalue weighted by Gasteiger charge is -2.39. The van der Waals surface area contributed by atoms with E-state index in [1.54, 1.807) is 26.2 Å². The molecule has 2 aromatic rings. The Hall–Kier alpha value is -2.07. The number of halogens is 1. The van der Waals surface area contributed by atoms with E-state index in [0.29, 0.717) is 5.56 Å². The van der Waals surface area contributed by atoms with Gasteiger partial charge in [-0.05, 0) is 48.4 Å². The highest BCUT2D eigenvalue weighted by Crippen LogP contribution is 2.22. The molecule has 3 rings (SSSR count). The lowest BCUT2D eigenvalue weighted by atomic mass is 10.1. The quantitative estimate of drug-likeness (QED) is 0.845. The number of hydrogen-bond donors (Lipinski definition) is 0. The molecule has 0 amide bonds. The number of aryl methyl sites for hydroxylation is 1. The summed E-state index contributed by atoms with van der Waals surface area (Å²) < 4.78 is 24.2. The number of likely N-dealkylation sites (tertiary alicyclic amines) is 1. The molecule has 0 spiro atoms. The Morgan fingerprint density at radius 2 is 1.77 bits per heavy atom. The zero-order chi connectivity index (χ0) is 15.5. The third-order valence-electron chi connectivity index (χ3n) is 3.92. The summed E-state index contributed by atoms with van der Waals surface area (Å²) in [5.41, 5.74) is 1.88. The van der Waals surface area contributed by atoms with Crippen molar-refractivity contribution >= 4 is 0 Å². The first-order valence-corrected chi connectivity index (χ1v) is 7.42. The van der Waals surface area contributed by atoms with Crippen molar-refractivity contribution in [2.24, 2.45) is 0 Å². The van der Waals surface area contributed by atoms with Gasteiger partial charge >= 0.3 is 0 Å². The SMILES string of the molecule is COc1ccc(CN2CC(Oc3ccc(F)c(C)c3)C2)cc1. The zero-order valence-electron chi connectivity index (χ0n) is 12.9. The van der Waals surface area contributed by atoms with Crippen LogP contribution in [0.4, 0.5) is 4.39 Å². The maximum absolute atomic E-state index is 13.2. The van der Waals surface area contributed by atoms with Crippen molar-refractivity contribution in [3.8, 4) is 11.5 Å². The van der Waals surface area contributed by atoms with Gasteiger partial charge in [0.1, 0.15) is 23.4 Å². The standard InChI is InChI=1S/C18H20FNO2/c1-13-9-16(7-8-18(13)19)22-17-11-20(12-17)10-14-3-5-15(21-2)6-4-14/h3-9,17H,10-12H2,1-2H3. The summed E-state index contributed by atoms with van der Waals surface area (Å²) in [6.07, 6.45) is 0.183. The number of ether oxygens (including phenoxy) is 2. The number of benzene rings is 2. The second-order valence-electron chi connectivity index (χ2n) is 5.69. The van der Waals surface area contributed by atoms with Crippen LogP contribution in [0.15, 0.2) is 42.5 Å². The Labute approximate surface area is 130 Å². The van der Waals surface area contributed by atoms with E-state index in [1.165, 1.54) is 11.6 Å². The zero-order valence-corrected chi connectivity index (χ0v) is 12.9. The maximum atomic E-state index is 13.2. The van der Waals surface area contributed by atoms with Crippen LogP contribution in [0, 0.1) is 12.7 Å². The first-order chi connectivity index (χ1) is 10.6. The molecule has 0 aromatic heterocycles. The fourth-order valence-corrected chi connectivity index (χ4v) is 2.60. The first kappa shape index (κ1) is 14.9. The molecule has 2 aromatic carbocycles. The second-order valence-corrected chi connectivity index (χ2v) is 5.69. The van der Waals surface area contributed by atoms with Crippen LogP contribution in [0.3, 0.4) is 0 Å². The summed E-state index contributed by atoms with van der Waals surface area (Å²) in [6, 6.07) is 13.0. The van der Waals surface area contributed by atoms with Crippen molar-refractivity contribution in [3.63, 3.8) is 0 Å². The van der Waals surface area contributed by atoms with Crippen molar-refractivity contribution in [3.05, 3.63) is 59.4 Å². The molecule has 0 unspecified atom stereocenters. The minimum absolute atomic E-state index is 0.183. The highest BCUT2D eigenvalue weighted by molar-refractivity contribution is 5.29. The van der Waals surface area contributed by atoms with Crippen molar-refractivity contribution in [1.29, 1.82) is 0 Å². The Morgan fingerprint density at radius 1 is 1.09 bits per heavy atom. The molecule has 3 nitrogen and oxygen atoms in total. The van der Waals surface area contributed by atoms with E-state index in [9.17, 15) is 4.39 Å². The summed E-state index contributed by atoms with van der Waals surface area (Å²) in [5.74, 6) is 1.43. The molecule has 0 radical (unpaired) electrons. The van der Waals surface area contributed by atoms with Gasteiger partial charge in [0.2, 0.25) is 0 Å². The number of rotatable bonds is 5. The van der Waals surface area contributed by atoms with E-state index < -0.39 is 0 Å². The molecule has 0 bridgehead atoms. The molecule has 22 heavy (non-hydrogen) atoms. The smallest absolute Gasteiger partial charge is 0.126 e. The summed E-state index contributed by atoms with van der Waals surface area (Å²) in [4.78, 5) is 2.32. The predicted octanol–water partition coefficient (Wildman–Crippen LogP) is 3.41. The topological polar surface area (TPSA) is 21.7 Å². The summed E-state index contributed by atoms with van der Waals surface area (Å²) >= 11 is 0. The number of methoxy groups -OCH3 is 1. The fraction of sp³-hybridized carbons (Fsp3) is 0.333. The average molecular weight is 301 g/mol. The third-order valence-corrected chi connectivity index (χ3v) is 3.92. The van der Waals surface area contributed by atoms with Gasteiger partial charge in [0.15, 0.2) is 0 Å². The van der Waals surface area contributed by atoms with Crippen LogP contribution in [0.2, 0.25) is 0 Å². The van der Waals surface area contributed by atoms with Gasteiger partial charge in [0.25, 0.3) is 0 Å². The average Bonchev–Trinajstić information content (AvgIpc) is 2.49. The van der Waals surface area contributed by atoms with Gasteiger partial charge in [0.05, 0.1) is 7.11 Å². The molecule has 1 heterocycles. The molecule has 0 aliphatic carbocycles. The molecule has 0 atom stereocenters. The molecule has 116 valence electrons. The highest BCUT2D eigenvalue weighted by atomic mass is 19.1. The molecule has 1 saturated heterocycles. The Morgan fingerprint density at radius 3 is 2.41 bits per heavy atom. The summed E-state index contributed by atoms with van der Waals surface area (Å²) in [6.45, 7) is 4.44. The van der Waals surface area contributed by atoms with Gasteiger partial charge < -0.3 is 9.47 Å². The van der Waals surface area contributed by atoms with E-state index in [2.05, 4.69) is 17.0 Å². The molecule has 1 aliphatic rings. The van der Waals surface area contributed by atoms with Crippen LogP contribution in [0.1, 0.15) is 11.1 Å². The van der Waals surface area contributed by atoms with Gasteiger partial charge in [0, 0.05) is 19.6 Å². The van der Waals surface area contributed by atoms with Crippen molar-refractivity contribution in [1.82, 2.24) is 4.90 Å². The minimum Gasteiger partial charge on any atom is -0.497 e. The van der Waals surface area contributed by atoms with Gasteiger partial charge in [-0.2, -0.15) is 0 Å². The van der Waals surface area contributed by atoms with Gasteiger partial charge in [-0.25, -0.2) is 4.39 Å². The van der Waals surface area contributed by atoms with Crippen molar-refractivity contribution < 1.29 is 13.9 Å². The van der Waals surface area contributed by atoms with Crippen LogP contribution in [0.25, 0.3) is 0 Å². The highest BCUT2D eigenvalue weighted by Gasteiger charge is 2.28. The van der Waals surface area contributed by atoms with E-state index in [0.717, 1.165) is 31.1 Å². The van der Waals surface area contributed by atoms with Crippen LogP contribution in [-0.4, -0.2) is 31.2 Å². The van der Waals surface area contributed by atoms with E-state index in [4.69, 9.17) is 9.47 Å². The second kappa shape index (κ2) is 6.36. The fourth-order valence-electron chi connectivity index (χ4n) is 2.60. The van der Waals surface area contributed by atoms with Crippen LogP contribution in [0.5, 0.6) is 11.5 Å². The monoisotopic (exact) mass is 301 g/mol. The molecule has 0 saturated carbocycles. The van der Waals surface area contributed by atoms with Gasteiger partial charge in [-0.15, -0.1) is 0 Å². The largest absolute Gasteiger partial charge is 0.497 e. The number of nitrogens with zero attached hydrogens (tertiary/aromatic N) is 1. The van der Waals surface area contributed by atoms with Crippen LogP contribution < -0.4 is 9.47 Å². The normalized spacial score (nSPS) is 15.4. The Bertz CT molecular complexity index is 636. The van der Waals surface area contributed by atoms with Crippen LogP contribution >= 0.6 is 0 Å². The maximum Gasteiger partial charge on any atom is 0.126 e. The molecular formula is C18H20FNO2. The summed E-state index contributed by atoms with van der Waals surface area (Å²) in [7, 11) is 1.67. The van der Waals surface area contributed by atoms with E-state index in [1.807, 2.05) is 12.1 Å². The summed E-state index contributed by atoms with van der Waals surface area (Å²) in [5, 5.41) is 0. The Balaban J connectivity index is 1.48. The predicted molar refractivity (Wildman–Crippen MR) is 83.8 cm³/mol. The molecule has 1 aliphatic heterocycles. The van der Waals surface area contributed by atoms with Crippen LogP contribution in [-0.2, 0) is 6.54 Å².